The van der Waals surface area contributed by atoms with Gasteiger partial charge >= 0.3 is 0 Å². The summed E-state index contributed by atoms with van der Waals surface area (Å²) in [4.78, 5) is 0. The average Bonchev–Trinajstić information content (AvgIpc) is 2.61. The minimum Gasteiger partial charge on any atom is -0.376 e. The highest BCUT2D eigenvalue weighted by Crippen LogP contribution is 2.35. The predicted octanol–water partition coefficient (Wildman–Crippen LogP) is 6.50. The van der Waals surface area contributed by atoms with Gasteiger partial charge in [-0.3, -0.25) is 0 Å². The Morgan fingerprint density at radius 1 is 0.696 bits per heavy atom. The van der Waals surface area contributed by atoms with Gasteiger partial charge in [-0.25, -0.2) is 0 Å². The van der Waals surface area contributed by atoms with Gasteiger partial charge in [0.1, 0.15) is 0 Å². The van der Waals surface area contributed by atoms with Crippen LogP contribution in [0, 0.1) is 0 Å². The number of rotatable bonds is 7. The van der Waals surface area contributed by atoms with E-state index in [1.807, 2.05) is 0 Å². The quantitative estimate of drug-likeness (QED) is 0.615. The van der Waals surface area contributed by atoms with Gasteiger partial charge < -0.3 is 5.32 Å². The molecule has 0 bridgehead atoms. The van der Waals surface area contributed by atoms with Crippen LogP contribution in [0.25, 0.3) is 0 Å². The zero-order valence-electron chi connectivity index (χ0n) is 15.3. The average molecular weight is 309 g/mol. The Balaban J connectivity index is 2.34. The topological polar surface area (TPSA) is 12.0 Å². The number of anilines is 1. The summed E-state index contributed by atoms with van der Waals surface area (Å²) in [6, 6.07) is 19.8. The second-order valence-corrected chi connectivity index (χ2v) is 7.10. The van der Waals surface area contributed by atoms with Crippen LogP contribution in [0.5, 0.6) is 0 Å². The first kappa shape index (κ1) is 17.6. The molecule has 0 amide bonds. The molecule has 0 unspecified atom stereocenters. The molecule has 0 saturated heterocycles. The smallest absolute Gasteiger partial charge is 0.0620 e. The van der Waals surface area contributed by atoms with E-state index < -0.39 is 0 Å². The normalized spacial score (nSPS) is 12.2. The first-order valence-electron chi connectivity index (χ1n) is 8.91. The van der Waals surface area contributed by atoms with Crippen LogP contribution < -0.4 is 5.32 Å². The molecule has 124 valence electrons. The maximum Gasteiger partial charge on any atom is 0.0620 e. The fourth-order valence-corrected chi connectivity index (χ4v) is 3.15. The van der Waals surface area contributed by atoms with Crippen molar-refractivity contribution in [2.24, 2.45) is 0 Å². The summed E-state index contributed by atoms with van der Waals surface area (Å²) in [6.07, 6.45) is 3.28. The monoisotopic (exact) mass is 309 g/mol. The number of hydrogen-bond donors (Lipinski definition) is 1. The van der Waals surface area contributed by atoms with E-state index in [4.69, 9.17) is 0 Å². The van der Waals surface area contributed by atoms with Crippen molar-refractivity contribution in [1.82, 2.24) is 0 Å². The second kappa shape index (κ2) is 7.21. The van der Waals surface area contributed by atoms with Gasteiger partial charge in [0.15, 0.2) is 0 Å². The van der Waals surface area contributed by atoms with Gasteiger partial charge in [0.05, 0.1) is 5.54 Å². The van der Waals surface area contributed by atoms with Gasteiger partial charge in [-0.05, 0) is 47.9 Å². The van der Waals surface area contributed by atoms with Crippen molar-refractivity contribution in [3.63, 3.8) is 0 Å². The third-order valence-corrected chi connectivity index (χ3v) is 5.47. The second-order valence-electron chi connectivity index (χ2n) is 7.10. The summed E-state index contributed by atoms with van der Waals surface area (Å²) >= 11 is 0. The van der Waals surface area contributed by atoms with Crippen LogP contribution in [0.1, 0.15) is 65.0 Å². The number of benzene rings is 2. The van der Waals surface area contributed by atoms with Gasteiger partial charge in [-0.15, -0.1) is 0 Å². The Morgan fingerprint density at radius 2 is 1.22 bits per heavy atom. The van der Waals surface area contributed by atoms with E-state index >= 15 is 0 Å². The SMILES string of the molecule is CCC(C)(C)c1ccc(C(CC)(CC)Nc2ccccc2)cc1. The molecule has 1 heteroatoms. The van der Waals surface area contributed by atoms with Gasteiger partial charge in [0.25, 0.3) is 0 Å². The van der Waals surface area contributed by atoms with Crippen LogP contribution in [0.3, 0.4) is 0 Å². The van der Waals surface area contributed by atoms with E-state index in [0.29, 0.717) is 0 Å². The third-order valence-electron chi connectivity index (χ3n) is 5.47. The molecule has 0 fully saturated rings. The Kier molecular flexibility index (Phi) is 5.51. The summed E-state index contributed by atoms with van der Waals surface area (Å²) in [7, 11) is 0. The third kappa shape index (κ3) is 3.77. The summed E-state index contributed by atoms with van der Waals surface area (Å²) in [5.41, 5.74) is 4.23. The number of hydrogen-bond acceptors (Lipinski definition) is 1. The zero-order valence-corrected chi connectivity index (χ0v) is 15.3. The van der Waals surface area contributed by atoms with Gasteiger partial charge in [-0.1, -0.05) is 77.1 Å². The Bertz CT molecular complexity index is 592. The zero-order chi connectivity index (χ0) is 16.9. The largest absolute Gasteiger partial charge is 0.376 e. The molecule has 0 aliphatic rings. The maximum atomic E-state index is 3.78. The molecule has 1 N–H and O–H groups in total. The highest BCUT2D eigenvalue weighted by atomic mass is 15.0. The van der Waals surface area contributed by atoms with Crippen molar-refractivity contribution in [2.75, 3.05) is 5.32 Å². The highest BCUT2D eigenvalue weighted by molar-refractivity contribution is 5.48. The van der Waals surface area contributed by atoms with Crippen molar-refractivity contribution >= 4 is 5.69 Å². The lowest BCUT2D eigenvalue weighted by Crippen LogP contribution is -2.34. The molecule has 2 aromatic rings. The first-order chi connectivity index (χ1) is 11.0. The predicted molar refractivity (Wildman–Crippen MR) is 102 cm³/mol. The van der Waals surface area contributed by atoms with Crippen molar-refractivity contribution in [3.8, 4) is 0 Å². The lowest BCUT2D eigenvalue weighted by molar-refractivity contribution is 0.453. The summed E-state index contributed by atoms with van der Waals surface area (Å²) in [5.74, 6) is 0. The Labute approximate surface area is 142 Å². The van der Waals surface area contributed by atoms with E-state index in [1.54, 1.807) is 0 Å². The summed E-state index contributed by atoms with van der Waals surface area (Å²) < 4.78 is 0. The number of nitrogens with one attached hydrogen (secondary N) is 1. The summed E-state index contributed by atoms with van der Waals surface area (Å²) in [5, 5.41) is 3.78. The highest BCUT2D eigenvalue weighted by Gasteiger charge is 2.28. The van der Waals surface area contributed by atoms with Crippen molar-refractivity contribution in [3.05, 3.63) is 65.7 Å². The lowest BCUT2D eigenvalue weighted by atomic mass is 9.79. The van der Waals surface area contributed by atoms with Crippen molar-refractivity contribution in [2.45, 2.75) is 64.8 Å². The molecule has 0 spiro atoms. The molecule has 1 nitrogen and oxygen atoms in total. The fourth-order valence-electron chi connectivity index (χ4n) is 3.15. The number of para-hydroxylation sites is 1. The molecule has 0 atom stereocenters. The molecule has 0 saturated carbocycles. The molecular weight excluding hydrogens is 278 g/mol. The lowest BCUT2D eigenvalue weighted by Gasteiger charge is -2.35. The molecule has 2 aromatic carbocycles. The van der Waals surface area contributed by atoms with Crippen LogP contribution in [0.2, 0.25) is 0 Å². The van der Waals surface area contributed by atoms with Crippen LogP contribution in [-0.4, -0.2) is 0 Å². The maximum absolute atomic E-state index is 3.78. The van der Waals surface area contributed by atoms with Crippen LogP contribution in [0.15, 0.2) is 54.6 Å². The van der Waals surface area contributed by atoms with Gasteiger partial charge in [0.2, 0.25) is 0 Å². The Hall–Kier alpha value is -1.76. The minimum absolute atomic E-state index is 0.00373. The van der Waals surface area contributed by atoms with E-state index in [9.17, 15) is 0 Å². The fraction of sp³-hybridized carbons (Fsp3) is 0.455. The minimum atomic E-state index is -0.00373. The van der Waals surface area contributed by atoms with Crippen LogP contribution >= 0.6 is 0 Å². The van der Waals surface area contributed by atoms with E-state index in [0.717, 1.165) is 19.3 Å². The van der Waals surface area contributed by atoms with Gasteiger partial charge in [0, 0.05) is 5.69 Å². The Morgan fingerprint density at radius 3 is 1.70 bits per heavy atom. The van der Waals surface area contributed by atoms with E-state index in [-0.39, 0.29) is 11.0 Å². The van der Waals surface area contributed by atoms with Crippen LogP contribution in [0.4, 0.5) is 5.69 Å². The summed E-state index contributed by atoms with van der Waals surface area (Å²) in [6.45, 7) is 11.4. The molecule has 0 heterocycles. The van der Waals surface area contributed by atoms with E-state index in [1.165, 1.54) is 16.8 Å². The molecule has 0 aromatic heterocycles. The molecule has 2 rings (SSSR count). The van der Waals surface area contributed by atoms with Gasteiger partial charge in [-0.2, -0.15) is 0 Å². The molecule has 23 heavy (non-hydrogen) atoms. The molecule has 0 aliphatic carbocycles. The van der Waals surface area contributed by atoms with Crippen LogP contribution in [-0.2, 0) is 11.0 Å². The van der Waals surface area contributed by atoms with Crippen molar-refractivity contribution < 1.29 is 0 Å². The van der Waals surface area contributed by atoms with Crippen molar-refractivity contribution in [1.29, 1.82) is 0 Å². The standard InChI is InChI=1S/C22H31N/c1-6-21(4,5)18-14-16-19(17-15-18)22(7-2,8-3)23-20-12-10-9-11-13-20/h9-17,23H,6-8H2,1-5H3. The molecule has 0 radical (unpaired) electrons. The van der Waals surface area contributed by atoms with E-state index in [2.05, 4.69) is 94.5 Å². The molecule has 0 aliphatic heterocycles. The first-order valence-corrected chi connectivity index (χ1v) is 8.91. The molecular formula is C22H31N.